The minimum atomic E-state index is -0.626. The van der Waals surface area contributed by atoms with Crippen molar-refractivity contribution in [3.63, 3.8) is 0 Å². The van der Waals surface area contributed by atoms with E-state index in [0.717, 1.165) is 0 Å². The fraction of sp³-hybridized carbons (Fsp3) is 0.143. The van der Waals surface area contributed by atoms with Crippen LogP contribution in [-0.2, 0) is 11.4 Å². The summed E-state index contributed by atoms with van der Waals surface area (Å²) in [5.41, 5.74) is 0.990. The number of fused-ring (bicyclic) bond motifs is 2. The standard InChI is InChI=1S/C21H14FN3O5/c22-15-6-3-5-14-20(15)24(17-7-2-1-4-13(17)21(14)26)11-12-10-16(23-30-12)18-8-9-19(29-18)25(27)28/h1-9,12H,10-11H2. The minimum Gasteiger partial charge on any atom is -0.399 e. The van der Waals surface area contributed by atoms with Crippen molar-refractivity contribution in [1.29, 1.82) is 0 Å². The van der Waals surface area contributed by atoms with E-state index < -0.39 is 16.8 Å². The fourth-order valence-electron chi connectivity index (χ4n) is 3.79. The number of halogens is 1. The summed E-state index contributed by atoms with van der Waals surface area (Å²) in [6.45, 7) is 0.230. The summed E-state index contributed by atoms with van der Waals surface area (Å²) < 4.78 is 21.6. The number of aromatic nitrogens is 1. The van der Waals surface area contributed by atoms with Gasteiger partial charge in [0.05, 0.1) is 23.6 Å². The van der Waals surface area contributed by atoms with Crippen LogP contribution in [0.5, 0.6) is 0 Å². The highest BCUT2D eigenvalue weighted by molar-refractivity contribution is 5.99. The summed E-state index contributed by atoms with van der Waals surface area (Å²) in [6.07, 6.45) is -0.140. The molecule has 1 atom stereocenters. The molecule has 0 bridgehead atoms. The number of para-hydroxylation sites is 2. The molecule has 0 N–H and O–H groups in total. The van der Waals surface area contributed by atoms with Gasteiger partial charge < -0.3 is 13.8 Å². The topological polar surface area (TPSA) is 99.9 Å². The van der Waals surface area contributed by atoms with Gasteiger partial charge in [0.1, 0.15) is 16.5 Å². The average molecular weight is 407 g/mol. The fourth-order valence-corrected chi connectivity index (χ4v) is 3.79. The van der Waals surface area contributed by atoms with Gasteiger partial charge in [0, 0.05) is 17.2 Å². The molecule has 0 radical (unpaired) electrons. The van der Waals surface area contributed by atoms with Crippen molar-refractivity contribution in [3.05, 3.63) is 86.5 Å². The second kappa shape index (κ2) is 6.80. The van der Waals surface area contributed by atoms with Crippen LogP contribution in [-0.4, -0.2) is 21.3 Å². The highest BCUT2D eigenvalue weighted by Crippen LogP contribution is 2.26. The van der Waals surface area contributed by atoms with Gasteiger partial charge in [-0.05, 0) is 30.3 Å². The van der Waals surface area contributed by atoms with Crippen molar-refractivity contribution in [1.82, 2.24) is 4.57 Å². The zero-order chi connectivity index (χ0) is 20.8. The molecule has 150 valence electrons. The van der Waals surface area contributed by atoms with Gasteiger partial charge in [0.25, 0.3) is 0 Å². The van der Waals surface area contributed by atoms with Crippen LogP contribution in [0.4, 0.5) is 10.3 Å². The van der Waals surface area contributed by atoms with Gasteiger partial charge in [-0.15, -0.1) is 0 Å². The smallest absolute Gasteiger partial charge is 0.399 e. The maximum atomic E-state index is 14.7. The molecule has 0 saturated carbocycles. The first-order valence-electron chi connectivity index (χ1n) is 9.20. The van der Waals surface area contributed by atoms with E-state index >= 15 is 0 Å². The molecule has 30 heavy (non-hydrogen) atoms. The molecule has 5 rings (SSSR count). The van der Waals surface area contributed by atoms with Gasteiger partial charge in [-0.2, -0.15) is 0 Å². The molecule has 2 aromatic carbocycles. The molecule has 0 aliphatic carbocycles. The van der Waals surface area contributed by atoms with Crippen LogP contribution in [0.15, 0.2) is 69.0 Å². The number of furan rings is 1. The molecular formula is C21H14FN3O5. The second-order valence-corrected chi connectivity index (χ2v) is 6.96. The van der Waals surface area contributed by atoms with Crippen LogP contribution in [0, 0.1) is 15.9 Å². The van der Waals surface area contributed by atoms with E-state index in [1.807, 2.05) is 0 Å². The summed E-state index contributed by atoms with van der Waals surface area (Å²) in [4.78, 5) is 28.5. The lowest BCUT2D eigenvalue weighted by atomic mass is 10.1. The molecule has 0 fully saturated rings. The number of nitrogens with zero attached hydrogens (tertiary/aromatic N) is 3. The largest absolute Gasteiger partial charge is 0.433 e. The predicted octanol–water partition coefficient (Wildman–Crippen LogP) is 3.99. The van der Waals surface area contributed by atoms with Crippen LogP contribution in [0.3, 0.4) is 0 Å². The van der Waals surface area contributed by atoms with Gasteiger partial charge in [-0.3, -0.25) is 14.9 Å². The monoisotopic (exact) mass is 407 g/mol. The Bertz CT molecular complexity index is 1410. The van der Waals surface area contributed by atoms with Gasteiger partial charge >= 0.3 is 5.88 Å². The van der Waals surface area contributed by atoms with Crippen molar-refractivity contribution in [2.24, 2.45) is 5.16 Å². The number of oxime groups is 1. The van der Waals surface area contributed by atoms with Gasteiger partial charge in [0.15, 0.2) is 17.3 Å². The minimum absolute atomic E-state index is 0.201. The number of nitro groups is 1. The lowest BCUT2D eigenvalue weighted by Crippen LogP contribution is -2.21. The summed E-state index contributed by atoms with van der Waals surface area (Å²) in [5.74, 6) is -0.628. The molecule has 0 amide bonds. The third-order valence-corrected chi connectivity index (χ3v) is 5.12. The van der Waals surface area contributed by atoms with Crippen LogP contribution >= 0.6 is 0 Å². The lowest BCUT2D eigenvalue weighted by molar-refractivity contribution is -0.402. The molecule has 9 heteroatoms. The number of rotatable bonds is 4. The summed E-state index contributed by atoms with van der Waals surface area (Å²) in [7, 11) is 0. The van der Waals surface area contributed by atoms with E-state index in [1.165, 1.54) is 24.3 Å². The lowest BCUT2D eigenvalue weighted by Gasteiger charge is -2.18. The molecular weight excluding hydrogens is 393 g/mol. The Morgan fingerprint density at radius 3 is 2.73 bits per heavy atom. The summed E-state index contributed by atoms with van der Waals surface area (Å²) in [5, 5.41) is 15.6. The van der Waals surface area contributed by atoms with Crippen LogP contribution in [0.25, 0.3) is 21.8 Å². The van der Waals surface area contributed by atoms with E-state index in [2.05, 4.69) is 5.16 Å². The molecule has 1 aliphatic rings. The Hall–Kier alpha value is -4.01. The zero-order valence-corrected chi connectivity index (χ0v) is 15.4. The molecule has 0 saturated heterocycles. The first-order chi connectivity index (χ1) is 14.5. The van der Waals surface area contributed by atoms with E-state index in [9.17, 15) is 19.3 Å². The summed E-state index contributed by atoms with van der Waals surface area (Å²) >= 11 is 0. The Kier molecular flexibility index (Phi) is 4.09. The highest BCUT2D eigenvalue weighted by atomic mass is 19.1. The van der Waals surface area contributed by atoms with Crippen molar-refractivity contribution >= 4 is 33.4 Å². The first kappa shape index (κ1) is 18.0. The molecule has 8 nitrogen and oxygen atoms in total. The Labute approximate surface area is 167 Å². The van der Waals surface area contributed by atoms with E-state index in [-0.39, 0.29) is 34.5 Å². The third kappa shape index (κ3) is 2.83. The first-order valence-corrected chi connectivity index (χ1v) is 9.20. The Balaban J connectivity index is 1.53. The van der Waals surface area contributed by atoms with Crippen molar-refractivity contribution in [2.75, 3.05) is 0 Å². The van der Waals surface area contributed by atoms with Crippen molar-refractivity contribution in [3.8, 4) is 0 Å². The number of hydrogen-bond donors (Lipinski definition) is 0. The van der Waals surface area contributed by atoms with Crippen LogP contribution in [0.1, 0.15) is 12.2 Å². The predicted molar refractivity (Wildman–Crippen MR) is 107 cm³/mol. The van der Waals surface area contributed by atoms with E-state index in [0.29, 0.717) is 23.0 Å². The molecule has 2 aromatic heterocycles. The van der Waals surface area contributed by atoms with Crippen LogP contribution < -0.4 is 5.43 Å². The second-order valence-electron chi connectivity index (χ2n) is 6.96. The van der Waals surface area contributed by atoms with Crippen molar-refractivity contribution in [2.45, 2.75) is 19.1 Å². The molecule has 1 unspecified atom stereocenters. The number of benzene rings is 2. The van der Waals surface area contributed by atoms with Crippen LogP contribution in [0.2, 0.25) is 0 Å². The van der Waals surface area contributed by atoms with E-state index in [1.54, 1.807) is 34.9 Å². The molecule has 4 aromatic rings. The zero-order valence-electron chi connectivity index (χ0n) is 15.4. The summed E-state index contributed by atoms with van der Waals surface area (Å²) in [6, 6.07) is 14.1. The molecule has 1 aliphatic heterocycles. The maximum absolute atomic E-state index is 14.7. The van der Waals surface area contributed by atoms with E-state index in [4.69, 9.17) is 9.25 Å². The van der Waals surface area contributed by atoms with Gasteiger partial charge in [-0.1, -0.05) is 23.4 Å². The number of pyridine rings is 1. The van der Waals surface area contributed by atoms with Gasteiger partial charge in [0.2, 0.25) is 0 Å². The Morgan fingerprint density at radius 2 is 1.93 bits per heavy atom. The Morgan fingerprint density at radius 1 is 1.13 bits per heavy atom. The highest BCUT2D eigenvalue weighted by Gasteiger charge is 2.27. The quantitative estimate of drug-likeness (QED) is 0.289. The SMILES string of the molecule is O=c1c2ccccc2n(CC2CC(c3ccc([N+](=O)[O-])o3)=NO2)c2c(F)cccc12. The molecule has 0 spiro atoms. The normalized spacial score (nSPS) is 16.0. The average Bonchev–Trinajstić information content (AvgIpc) is 3.41. The maximum Gasteiger partial charge on any atom is 0.433 e. The number of hydrogen-bond acceptors (Lipinski definition) is 6. The third-order valence-electron chi connectivity index (χ3n) is 5.12. The van der Waals surface area contributed by atoms with Gasteiger partial charge in [-0.25, -0.2) is 4.39 Å². The molecule has 3 heterocycles. The van der Waals surface area contributed by atoms with Crippen molar-refractivity contribution < 1.29 is 18.6 Å².